The second-order valence-corrected chi connectivity index (χ2v) is 5.04. The van der Waals surface area contributed by atoms with Crippen molar-refractivity contribution in [2.24, 2.45) is 0 Å². The molecular formula is C16H20Cl2N4O3. The fraction of sp³-hybridized carbons (Fsp3) is 0.250. The number of halogens is 2. The molecule has 2 aromatic heterocycles. The average molecular weight is 387 g/mol. The molecule has 0 saturated carbocycles. The Hall–Kier alpha value is -2.22. The second kappa shape index (κ2) is 11.4. The maximum absolute atomic E-state index is 11.0. The van der Waals surface area contributed by atoms with E-state index in [1.54, 1.807) is 12.4 Å². The number of nitrogens with zero attached hydrogens (tertiary/aromatic N) is 2. The van der Waals surface area contributed by atoms with Crippen molar-refractivity contribution in [3.63, 3.8) is 0 Å². The summed E-state index contributed by atoms with van der Waals surface area (Å²) in [6, 6.07) is 7.28. The zero-order chi connectivity index (χ0) is 16.7. The number of carbonyl (C=O) groups excluding carboxylic acids is 2. The lowest BCUT2D eigenvalue weighted by molar-refractivity contribution is -0.788. The third-order valence-corrected chi connectivity index (χ3v) is 2.84. The van der Waals surface area contributed by atoms with Crippen LogP contribution in [-0.4, -0.2) is 11.8 Å². The Morgan fingerprint density at radius 1 is 0.880 bits per heavy atom. The van der Waals surface area contributed by atoms with Gasteiger partial charge in [0, 0.05) is 26.0 Å². The first-order valence-electron chi connectivity index (χ1n) is 7.14. The van der Waals surface area contributed by atoms with E-state index in [0.717, 1.165) is 0 Å². The van der Waals surface area contributed by atoms with Gasteiger partial charge in [-0.25, -0.2) is 0 Å². The summed E-state index contributed by atoms with van der Waals surface area (Å²) in [5.41, 5.74) is 1.42. The van der Waals surface area contributed by atoms with Gasteiger partial charge in [-0.2, -0.15) is 9.13 Å². The molecule has 0 unspecified atom stereocenters. The predicted octanol–water partition coefficient (Wildman–Crippen LogP) is -5.18. The smallest absolute Gasteiger partial charge is 0.257 e. The second-order valence-electron chi connectivity index (χ2n) is 5.04. The molecule has 0 radical (unpaired) electrons. The first kappa shape index (κ1) is 22.8. The van der Waals surface area contributed by atoms with Crippen LogP contribution in [0.1, 0.15) is 13.8 Å². The Labute approximate surface area is 158 Å². The molecule has 0 aliphatic rings. The molecule has 0 fully saturated rings. The van der Waals surface area contributed by atoms with Gasteiger partial charge in [0.2, 0.25) is 11.8 Å². The Bertz CT molecular complexity index is 654. The zero-order valence-electron chi connectivity index (χ0n) is 13.9. The highest BCUT2D eigenvalue weighted by molar-refractivity contribution is 5.88. The summed E-state index contributed by atoms with van der Waals surface area (Å²) in [5, 5.41) is 5.44. The van der Waals surface area contributed by atoms with Gasteiger partial charge in [0.25, 0.3) is 13.5 Å². The molecule has 2 rings (SSSR count). The van der Waals surface area contributed by atoms with E-state index in [9.17, 15) is 9.59 Å². The number of ether oxygens (including phenoxy) is 1. The standard InChI is InChI=1S/C16H18N4O3.2ClH/c1-13(21)17-15-5-3-7-19(9-15)11-23-12-20-8-4-6-16(10-20)18-14(2)22;;/h3-10H,11-12H2,1-2H3;2*1H. The van der Waals surface area contributed by atoms with Crippen molar-refractivity contribution in [3.05, 3.63) is 49.1 Å². The van der Waals surface area contributed by atoms with Gasteiger partial charge < -0.3 is 35.4 Å². The van der Waals surface area contributed by atoms with E-state index in [1.165, 1.54) is 13.8 Å². The Kier molecular flexibility index (Phi) is 10.3. The normalized spacial score (nSPS) is 9.36. The van der Waals surface area contributed by atoms with Crippen LogP contribution in [0.15, 0.2) is 49.1 Å². The predicted molar refractivity (Wildman–Crippen MR) is 83.0 cm³/mol. The average Bonchev–Trinajstić information content (AvgIpc) is 2.46. The highest BCUT2D eigenvalue weighted by Gasteiger charge is 2.07. The fourth-order valence-corrected chi connectivity index (χ4v) is 2.01. The van der Waals surface area contributed by atoms with Crippen LogP contribution in [0.3, 0.4) is 0 Å². The molecule has 0 spiro atoms. The Morgan fingerprint density at radius 2 is 1.28 bits per heavy atom. The van der Waals surface area contributed by atoms with Gasteiger partial charge in [0.15, 0.2) is 24.8 Å². The molecule has 2 aromatic rings. The molecule has 136 valence electrons. The number of carbonyl (C=O) groups is 2. The summed E-state index contributed by atoms with van der Waals surface area (Å²) in [7, 11) is 0. The molecule has 0 saturated heterocycles. The number of hydrogen-bond acceptors (Lipinski definition) is 3. The number of nitrogens with one attached hydrogen (secondary N) is 2. The molecule has 0 bridgehead atoms. The molecule has 0 aliphatic carbocycles. The summed E-state index contributed by atoms with van der Waals surface area (Å²) in [5.74, 6) is -0.233. The van der Waals surface area contributed by atoms with Crippen LogP contribution in [0.5, 0.6) is 0 Å². The minimum Gasteiger partial charge on any atom is -1.00 e. The Balaban J connectivity index is 0.00000288. The lowest BCUT2D eigenvalue weighted by Crippen LogP contribution is -3.00. The van der Waals surface area contributed by atoms with Gasteiger partial charge >= 0.3 is 0 Å². The van der Waals surface area contributed by atoms with Crippen molar-refractivity contribution in [1.29, 1.82) is 0 Å². The minimum absolute atomic E-state index is 0. The minimum atomic E-state index is -0.117. The van der Waals surface area contributed by atoms with Crippen molar-refractivity contribution >= 4 is 23.2 Å². The van der Waals surface area contributed by atoms with Crippen molar-refractivity contribution in [3.8, 4) is 0 Å². The summed E-state index contributed by atoms with van der Waals surface area (Å²) in [4.78, 5) is 22.1. The number of pyridine rings is 2. The van der Waals surface area contributed by atoms with E-state index in [0.29, 0.717) is 24.8 Å². The summed E-state index contributed by atoms with van der Waals surface area (Å²) < 4.78 is 9.27. The Morgan fingerprint density at radius 3 is 1.64 bits per heavy atom. The van der Waals surface area contributed by atoms with Crippen molar-refractivity contribution in [2.75, 3.05) is 10.6 Å². The van der Waals surface area contributed by atoms with Crippen LogP contribution in [0.25, 0.3) is 0 Å². The van der Waals surface area contributed by atoms with Crippen LogP contribution >= 0.6 is 0 Å². The van der Waals surface area contributed by atoms with Crippen LogP contribution in [-0.2, 0) is 27.8 Å². The van der Waals surface area contributed by atoms with Gasteiger partial charge in [-0.05, 0) is 12.1 Å². The van der Waals surface area contributed by atoms with Gasteiger partial charge in [-0.15, -0.1) is 0 Å². The van der Waals surface area contributed by atoms with Gasteiger partial charge in [-0.3, -0.25) is 14.3 Å². The molecule has 25 heavy (non-hydrogen) atoms. The molecule has 0 aliphatic heterocycles. The quantitative estimate of drug-likeness (QED) is 0.487. The van der Waals surface area contributed by atoms with Gasteiger partial charge in [-0.1, -0.05) is 0 Å². The van der Waals surface area contributed by atoms with E-state index in [-0.39, 0.29) is 36.6 Å². The van der Waals surface area contributed by atoms with Gasteiger partial charge in [0.1, 0.15) is 11.4 Å². The number of rotatable bonds is 6. The topological polar surface area (TPSA) is 75.2 Å². The third kappa shape index (κ3) is 8.44. The van der Waals surface area contributed by atoms with E-state index < -0.39 is 0 Å². The van der Waals surface area contributed by atoms with Crippen LogP contribution in [0, 0.1) is 0 Å². The molecule has 2 N–H and O–H groups in total. The number of anilines is 2. The molecule has 9 heteroatoms. The van der Waals surface area contributed by atoms with E-state index in [2.05, 4.69) is 10.6 Å². The summed E-state index contributed by atoms with van der Waals surface area (Å²) in [6.07, 6.45) is 7.28. The van der Waals surface area contributed by atoms with E-state index >= 15 is 0 Å². The van der Waals surface area contributed by atoms with Gasteiger partial charge in [0.05, 0.1) is 0 Å². The summed E-state index contributed by atoms with van der Waals surface area (Å²) >= 11 is 0. The maximum atomic E-state index is 11.0. The first-order valence-corrected chi connectivity index (χ1v) is 7.14. The largest absolute Gasteiger partial charge is 1.00 e. The zero-order valence-corrected chi connectivity index (χ0v) is 15.4. The molecule has 2 amide bonds. The van der Waals surface area contributed by atoms with Crippen molar-refractivity contribution in [2.45, 2.75) is 27.3 Å². The monoisotopic (exact) mass is 386 g/mol. The van der Waals surface area contributed by atoms with Crippen LogP contribution in [0.2, 0.25) is 0 Å². The lowest BCUT2D eigenvalue weighted by atomic mass is 10.4. The highest BCUT2D eigenvalue weighted by atomic mass is 35.5. The highest BCUT2D eigenvalue weighted by Crippen LogP contribution is 2.02. The number of aromatic nitrogens is 2. The van der Waals surface area contributed by atoms with E-state index in [4.69, 9.17) is 4.74 Å². The lowest BCUT2D eigenvalue weighted by Gasteiger charge is -2.03. The van der Waals surface area contributed by atoms with E-state index in [1.807, 2.05) is 45.8 Å². The molecule has 0 aromatic carbocycles. The number of hydrogen-bond donors (Lipinski definition) is 2. The first-order chi connectivity index (χ1) is 11.0. The molecule has 0 atom stereocenters. The van der Waals surface area contributed by atoms with Crippen LogP contribution < -0.4 is 44.6 Å². The number of amides is 2. The van der Waals surface area contributed by atoms with Crippen LogP contribution in [0.4, 0.5) is 11.4 Å². The molecule has 2 heterocycles. The fourth-order valence-electron chi connectivity index (χ4n) is 2.01. The molecule has 7 nitrogen and oxygen atoms in total. The van der Waals surface area contributed by atoms with Crippen molar-refractivity contribution < 1.29 is 48.3 Å². The maximum Gasteiger partial charge on any atom is 0.257 e. The summed E-state index contributed by atoms with van der Waals surface area (Å²) in [6.45, 7) is 3.61. The molecular weight excluding hydrogens is 367 g/mol. The SMILES string of the molecule is CC(=O)Nc1ccc[n+](COC[n+]2cccc(NC(C)=O)c2)c1.[Cl-].[Cl-]. The third-order valence-electron chi connectivity index (χ3n) is 2.84. The van der Waals surface area contributed by atoms with Crippen molar-refractivity contribution in [1.82, 2.24) is 0 Å².